The number of rotatable bonds is 8. The van der Waals surface area contributed by atoms with Crippen molar-refractivity contribution in [1.82, 2.24) is 9.48 Å². The number of aromatic hydroxyl groups is 2. The molecule has 1 saturated heterocycles. The van der Waals surface area contributed by atoms with Crippen molar-refractivity contribution in [3.8, 4) is 23.0 Å². The number of ether oxygens (including phenoxy) is 1. The Labute approximate surface area is 379 Å². The van der Waals surface area contributed by atoms with Crippen molar-refractivity contribution < 1.29 is 30.2 Å². The minimum absolute atomic E-state index is 0.0118. The number of amides is 1. The number of hydrogen-bond acceptors (Lipinski definition) is 11. The standard InChI is InChI=1S/C52H55N7O6/c1-9-57-43-27-47-39(25-37(43)31(3)29-51(57,5)6)49(40-26-38-32(4)30-52(7,8)58(10-2)44(38)28-48(40)65-47)35-13-11-12-14-36(35)50(62)56-21-19-55(20-22-56)33-15-17-41(46(61)24-33)53-54-42-23-34(59(63)64)16-18-45(42)60/h11-18,23-30,62-64H,9-10,19-22H2,1-8H3/p+1. The summed E-state index contributed by atoms with van der Waals surface area (Å²) in [5.41, 5.74) is 9.75. The first-order valence-corrected chi connectivity index (χ1v) is 22.3. The van der Waals surface area contributed by atoms with Gasteiger partial charge in [0, 0.05) is 103 Å². The number of phenols is 2. The van der Waals surface area contributed by atoms with E-state index in [1.165, 1.54) is 29.3 Å². The normalized spacial score (nSPS) is 17.2. The van der Waals surface area contributed by atoms with Gasteiger partial charge in [0.25, 0.3) is 5.91 Å². The number of carbonyl (C=O) groups is 1. The summed E-state index contributed by atoms with van der Waals surface area (Å²) in [4.78, 5) is 21.3. The van der Waals surface area contributed by atoms with Gasteiger partial charge in [0.15, 0.2) is 5.54 Å². The van der Waals surface area contributed by atoms with Crippen LogP contribution in [0.1, 0.15) is 88.0 Å². The van der Waals surface area contributed by atoms with E-state index >= 15 is 0 Å². The van der Waals surface area contributed by atoms with E-state index in [9.17, 15) is 25.4 Å². The Hall–Kier alpha value is -6.96. The number of piperazine rings is 1. The lowest BCUT2D eigenvalue weighted by atomic mass is 9.83. The summed E-state index contributed by atoms with van der Waals surface area (Å²) in [7, 11) is 0. The Morgan fingerprint density at radius 2 is 1.48 bits per heavy atom. The Morgan fingerprint density at radius 1 is 0.754 bits per heavy atom. The lowest BCUT2D eigenvalue weighted by molar-refractivity contribution is 0.0291. The Bertz CT molecular complexity index is 3010. The highest BCUT2D eigenvalue weighted by atomic mass is 16.8. The van der Waals surface area contributed by atoms with Crippen molar-refractivity contribution in [2.75, 3.05) is 54.3 Å². The molecule has 4 heterocycles. The summed E-state index contributed by atoms with van der Waals surface area (Å²) in [6.45, 7) is 21.4. The quantitative estimate of drug-likeness (QED) is 0.0668. The molecule has 0 radical (unpaired) electrons. The van der Waals surface area contributed by atoms with Crippen LogP contribution >= 0.6 is 0 Å². The van der Waals surface area contributed by atoms with Crippen molar-refractivity contribution in [3.63, 3.8) is 0 Å². The van der Waals surface area contributed by atoms with Gasteiger partial charge in [0.1, 0.15) is 40.9 Å². The largest absolute Gasteiger partial charge is 0.506 e. The first-order valence-electron chi connectivity index (χ1n) is 22.3. The highest BCUT2D eigenvalue weighted by molar-refractivity contribution is 6.03. The van der Waals surface area contributed by atoms with E-state index in [0.717, 1.165) is 74.4 Å². The molecule has 334 valence electrons. The van der Waals surface area contributed by atoms with E-state index in [2.05, 4.69) is 122 Å². The molecule has 0 atom stereocenters. The third-order valence-electron chi connectivity index (χ3n) is 13.3. The first kappa shape index (κ1) is 43.3. The van der Waals surface area contributed by atoms with Crippen LogP contribution in [-0.2, 0) is 0 Å². The van der Waals surface area contributed by atoms with Crippen LogP contribution in [0, 0.1) is 0 Å². The van der Waals surface area contributed by atoms with Crippen LogP contribution in [-0.4, -0.2) is 81.8 Å². The van der Waals surface area contributed by atoms with Gasteiger partial charge in [-0.05, 0) is 113 Å². The molecule has 0 spiro atoms. The fourth-order valence-electron chi connectivity index (χ4n) is 10.3. The predicted octanol–water partition coefficient (Wildman–Crippen LogP) is 9.14. The third-order valence-corrected chi connectivity index (χ3v) is 13.3. The minimum Gasteiger partial charge on any atom is -0.506 e. The van der Waals surface area contributed by atoms with Crippen LogP contribution in [0.25, 0.3) is 16.7 Å². The molecule has 1 fully saturated rings. The monoisotopic (exact) mass is 874 g/mol. The van der Waals surface area contributed by atoms with Crippen molar-refractivity contribution in [2.45, 2.75) is 66.5 Å². The number of benzene rings is 5. The zero-order valence-corrected chi connectivity index (χ0v) is 38.2. The van der Waals surface area contributed by atoms with Gasteiger partial charge in [0.05, 0.1) is 17.3 Å². The highest BCUT2D eigenvalue weighted by Crippen LogP contribution is 2.47. The molecule has 0 bridgehead atoms. The molecule has 0 unspecified atom stereocenters. The van der Waals surface area contributed by atoms with Crippen LogP contribution in [0.3, 0.4) is 0 Å². The molecular weight excluding hydrogens is 819 g/mol. The molecule has 4 aliphatic heterocycles. The summed E-state index contributed by atoms with van der Waals surface area (Å²) in [6, 6.07) is 25.7. The van der Waals surface area contributed by atoms with E-state index in [0.29, 0.717) is 31.7 Å². The maximum Gasteiger partial charge on any atom is 0.254 e. The smallest absolute Gasteiger partial charge is 0.254 e. The van der Waals surface area contributed by atoms with Crippen LogP contribution in [0.5, 0.6) is 23.0 Å². The number of allylic oxidation sites excluding steroid dienone is 2. The number of phenolic OH excluding ortho intramolecular Hbond substituents is 2. The third kappa shape index (κ3) is 7.57. The molecule has 4 N–H and O–H groups in total. The maximum atomic E-state index is 14.9. The average Bonchev–Trinajstić information content (AvgIpc) is 3.27. The molecule has 5 aromatic rings. The summed E-state index contributed by atoms with van der Waals surface area (Å²) >= 11 is 0. The summed E-state index contributed by atoms with van der Waals surface area (Å²) in [5.74, 6) is 1.13. The first-order chi connectivity index (χ1) is 31.0. The lowest BCUT2D eigenvalue weighted by Crippen LogP contribution is -2.49. The van der Waals surface area contributed by atoms with Crippen molar-refractivity contribution in [2.24, 2.45) is 10.2 Å². The van der Waals surface area contributed by atoms with Crippen LogP contribution in [0.15, 0.2) is 107 Å². The van der Waals surface area contributed by atoms with Crippen molar-refractivity contribution >= 4 is 51.1 Å². The molecule has 13 heteroatoms. The zero-order chi connectivity index (χ0) is 46.1. The molecule has 4 aliphatic rings. The van der Waals surface area contributed by atoms with Crippen LogP contribution in [0.2, 0.25) is 0 Å². The van der Waals surface area contributed by atoms with E-state index in [1.54, 1.807) is 12.1 Å². The summed E-state index contributed by atoms with van der Waals surface area (Å²) < 4.78 is 9.44. The summed E-state index contributed by atoms with van der Waals surface area (Å²) in [5, 5.41) is 49.9. The van der Waals surface area contributed by atoms with Gasteiger partial charge in [-0.15, -0.1) is 15.5 Å². The van der Waals surface area contributed by atoms with Gasteiger partial charge >= 0.3 is 0 Å². The van der Waals surface area contributed by atoms with Gasteiger partial charge in [-0.2, -0.15) is 0 Å². The maximum absolute atomic E-state index is 14.9. The lowest BCUT2D eigenvalue weighted by Gasteiger charge is -2.43. The summed E-state index contributed by atoms with van der Waals surface area (Å²) in [6.07, 6.45) is 4.68. The predicted molar refractivity (Wildman–Crippen MR) is 255 cm³/mol. The van der Waals surface area contributed by atoms with E-state index in [-0.39, 0.29) is 50.8 Å². The van der Waals surface area contributed by atoms with Gasteiger partial charge in [-0.25, -0.2) is 4.58 Å². The van der Waals surface area contributed by atoms with Crippen molar-refractivity contribution in [3.05, 3.63) is 135 Å². The molecular formula is C52H56N7O6+. The molecule has 65 heavy (non-hydrogen) atoms. The number of hydrogen-bond donors (Lipinski definition) is 4. The number of anilines is 3. The number of fused-ring (bicyclic) bond motifs is 4. The zero-order valence-electron chi connectivity index (χ0n) is 38.2. The number of nitrogens with zero attached hydrogens (tertiary/aromatic N) is 7. The van der Waals surface area contributed by atoms with Crippen LogP contribution in [0.4, 0.5) is 28.4 Å². The molecule has 9 rings (SSSR count). The average molecular weight is 875 g/mol. The second-order valence-electron chi connectivity index (χ2n) is 18.3. The minimum atomic E-state index is -0.219. The number of likely N-dealkylation sites (N-methyl/N-ethyl adjacent to an activating group) is 2. The van der Waals surface area contributed by atoms with E-state index < -0.39 is 0 Å². The van der Waals surface area contributed by atoms with E-state index in [4.69, 9.17) is 4.74 Å². The van der Waals surface area contributed by atoms with Gasteiger partial charge in [-0.3, -0.25) is 15.2 Å². The Balaban J connectivity index is 1.07. The van der Waals surface area contributed by atoms with Crippen molar-refractivity contribution in [1.29, 1.82) is 0 Å². The van der Waals surface area contributed by atoms with Gasteiger partial charge < -0.3 is 29.6 Å². The number of azo groups is 1. The fourth-order valence-corrected chi connectivity index (χ4v) is 10.3. The van der Waals surface area contributed by atoms with Gasteiger partial charge in [-0.1, -0.05) is 24.3 Å². The SMILES string of the molecule is CCN1c2cc3c(cc2C(C)=CC1(C)C)C(c1ccccc1C(=O)N1CCN(c2ccc(N=Nc4cc(N(O)O)ccc4O)c(O)c2)CC1)=c1cc2c(cc1O3)=[N+](CC)C(C)(C)C=C2C. The fraction of sp³-hybridized carbons (Fsp3) is 0.308. The van der Waals surface area contributed by atoms with Crippen LogP contribution < -0.4 is 34.9 Å². The Morgan fingerprint density at radius 3 is 2.18 bits per heavy atom. The topological polar surface area (TPSA) is 148 Å². The Kier molecular flexibility index (Phi) is 10.8. The second-order valence-corrected chi connectivity index (χ2v) is 18.3. The van der Waals surface area contributed by atoms with E-state index in [1.807, 2.05) is 29.2 Å². The second kappa shape index (κ2) is 16.2. The number of carbonyl (C=O) groups excluding carboxylic acids is 1. The molecule has 0 aliphatic carbocycles. The molecule has 0 saturated carbocycles. The molecule has 5 aromatic carbocycles. The molecule has 1 amide bonds. The molecule has 0 aromatic heterocycles. The van der Waals surface area contributed by atoms with Gasteiger partial charge in [0.2, 0.25) is 5.36 Å². The molecule has 13 nitrogen and oxygen atoms in total. The highest BCUT2D eigenvalue weighted by Gasteiger charge is 2.37.